The predicted octanol–water partition coefficient (Wildman–Crippen LogP) is -0.366. The van der Waals surface area contributed by atoms with E-state index in [4.69, 9.17) is 4.42 Å². The summed E-state index contributed by atoms with van der Waals surface area (Å²) in [4.78, 5) is 27.7. The van der Waals surface area contributed by atoms with E-state index in [1.807, 2.05) is 10.8 Å². The Morgan fingerprint density at radius 3 is 2.35 bits per heavy atom. The molecule has 31 heavy (non-hydrogen) atoms. The molecule has 11 nitrogen and oxygen atoms in total. The van der Waals surface area contributed by atoms with Gasteiger partial charge in [-0.05, 0) is 18.9 Å². The number of aliphatic hydroxyl groups excluding tert-OH is 2. The summed E-state index contributed by atoms with van der Waals surface area (Å²) in [6, 6.07) is 6.86. The first-order chi connectivity index (χ1) is 14.5. The third kappa shape index (κ3) is 7.66. The van der Waals surface area contributed by atoms with Crippen molar-refractivity contribution in [2.75, 3.05) is 11.0 Å². The molecule has 5 N–H and O–H groups in total. The number of benzene rings is 1. The lowest BCUT2D eigenvalue weighted by atomic mass is 9.94. The monoisotopic (exact) mass is 454 g/mol. The molecule has 0 aliphatic rings. The molecule has 4 atom stereocenters. The maximum atomic E-state index is 12.6. The highest BCUT2D eigenvalue weighted by molar-refractivity contribution is 7.91. The highest BCUT2D eigenvalue weighted by Gasteiger charge is 2.32. The molecule has 2 aromatic rings. The van der Waals surface area contributed by atoms with E-state index in [1.54, 1.807) is 24.3 Å². The number of hydrogen-bond donors (Lipinski definition) is 5. The lowest BCUT2D eigenvalue weighted by molar-refractivity contribution is -0.121. The number of rotatable bonds is 10. The number of carbonyl (C=O) groups excluding carboxylic acids is 2. The van der Waals surface area contributed by atoms with Crippen LogP contribution >= 0.6 is 0 Å². The Kier molecular flexibility index (Phi) is 8.14. The Balaban J connectivity index is 2.19. The van der Waals surface area contributed by atoms with Gasteiger partial charge in [-0.1, -0.05) is 30.3 Å². The van der Waals surface area contributed by atoms with E-state index in [9.17, 15) is 28.2 Å². The molecular formula is C19H26N4O7S. The van der Waals surface area contributed by atoms with Crippen molar-refractivity contribution in [3.8, 4) is 0 Å². The van der Waals surface area contributed by atoms with E-state index in [2.05, 4.69) is 15.6 Å². The maximum absolute atomic E-state index is 12.6. The van der Waals surface area contributed by atoms with E-state index in [-0.39, 0.29) is 24.0 Å². The van der Waals surface area contributed by atoms with Crippen molar-refractivity contribution in [3.05, 3.63) is 47.9 Å². The molecule has 2 rings (SSSR count). The van der Waals surface area contributed by atoms with Crippen LogP contribution in [0.3, 0.4) is 0 Å². The Hall–Kier alpha value is -2.96. The number of nitrogens with zero attached hydrogens (tertiary/aromatic N) is 1. The molecule has 1 aromatic carbocycles. The number of oxazole rings is 1. The Bertz CT molecular complexity index is 994. The number of anilines is 1. The van der Waals surface area contributed by atoms with E-state index in [1.165, 1.54) is 13.8 Å². The van der Waals surface area contributed by atoms with Gasteiger partial charge in [-0.3, -0.25) is 9.59 Å². The third-order valence-corrected chi connectivity index (χ3v) is 4.88. The average Bonchev–Trinajstić information content (AvgIpc) is 3.13. The van der Waals surface area contributed by atoms with Gasteiger partial charge < -0.3 is 25.3 Å². The van der Waals surface area contributed by atoms with Crippen LogP contribution in [0.15, 0.2) is 41.0 Å². The lowest BCUT2D eigenvalue weighted by Crippen LogP contribution is -2.55. The van der Waals surface area contributed by atoms with Gasteiger partial charge in [0.05, 0.1) is 18.3 Å². The second kappa shape index (κ2) is 10.4. The topological polar surface area (TPSA) is 171 Å². The summed E-state index contributed by atoms with van der Waals surface area (Å²) >= 11 is 0. The molecule has 2 amide bonds. The molecule has 0 unspecified atom stereocenters. The van der Waals surface area contributed by atoms with Crippen LogP contribution in [-0.2, 0) is 21.2 Å². The first kappa shape index (κ1) is 24.3. The first-order valence-electron chi connectivity index (χ1n) is 9.37. The molecule has 1 aromatic heterocycles. The zero-order valence-corrected chi connectivity index (χ0v) is 18.1. The summed E-state index contributed by atoms with van der Waals surface area (Å²) < 4.78 is 29.5. The molecule has 12 heteroatoms. The summed E-state index contributed by atoms with van der Waals surface area (Å²) in [5.41, 5.74) is 0.562. The van der Waals surface area contributed by atoms with Crippen LogP contribution in [0, 0.1) is 0 Å². The zero-order chi connectivity index (χ0) is 23.2. The van der Waals surface area contributed by atoms with Gasteiger partial charge in [0.15, 0.2) is 5.69 Å². The molecule has 170 valence electrons. The van der Waals surface area contributed by atoms with E-state index < -0.39 is 40.2 Å². The van der Waals surface area contributed by atoms with E-state index >= 15 is 0 Å². The number of amides is 2. The van der Waals surface area contributed by atoms with Crippen LogP contribution < -0.4 is 15.4 Å². The fourth-order valence-corrected chi connectivity index (χ4v) is 3.30. The Morgan fingerprint density at radius 1 is 1.13 bits per heavy atom. The average molecular weight is 455 g/mol. The summed E-state index contributed by atoms with van der Waals surface area (Å²) in [7, 11) is -3.64. The van der Waals surface area contributed by atoms with Crippen molar-refractivity contribution in [3.63, 3.8) is 0 Å². The van der Waals surface area contributed by atoms with Gasteiger partial charge in [0.1, 0.15) is 18.5 Å². The normalized spacial score (nSPS) is 15.4. The van der Waals surface area contributed by atoms with Crippen LogP contribution in [0.2, 0.25) is 0 Å². The number of sulfonamides is 1. The predicted molar refractivity (Wildman–Crippen MR) is 112 cm³/mol. The third-order valence-electron chi connectivity index (χ3n) is 4.33. The SMILES string of the molecule is CC(=O)N[C@H](C)[C@@H](O)[C@H](O)[C@H](Cc1ccccc1)NC(=O)c1coc(NS(C)(=O)=O)n1. The first-order valence-corrected chi connectivity index (χ1v) is 11.3. The molecular weight excluding hydrogens is 428 g/mol. The fraction of sp³-hybridized carbons (Fsp3) is 0.421. The highest BCUT2D eigenvalue weighted by Crippen LogP contribution is 2.14. The van der Waals surface area contributed by atoms with Crippen molar-refractivity contribution in [1.29, 1.82) is 0 Å². The van der Waals surface area contributed by atoms with Crippen LogP contribution in [0.1, 0.15) is 29.9 Å². The zero-order valence-electron chi connectivity index (χ0n) is 17.3. The molecule has 1 heterocycles. The van der Waals surface area contributed by atoms with Crippen LogP contribution in [0.5, 0.6) is 0 Å². The van der Waals surface area contributed by atoms with Crippen LogP contribution in [0.25, 0.3) is 0 Å². The van der Waals surface area contributed by atoms with Gasteiger partial charge >= 0.3 is 6.01 Å². The highest BCUT2D eigenvalue weighted by atomic mass is 32.2. The maximum Gasteiger partial charge on any atom is 0.309 e. The minimum absolute atomic E-state index is 0.171. The number of aromatic nitrogens is 1. The number of carbonyl (C=O) groups is 2. The van der Waals surface area contributed by atoms with Gasteiger partial charge in [-0.25, -0.2) is 13.1 Å². The fourth-order valence-electron chi connectivity index (χ4n) is 2.89. The standard InChI is InChI=1S/C19H26N4O7S/c1-11(20-12(2)24)16(25)17(26)14(9-13-7-5-4-6-8-13)21-18(27)15-10-30-19(22-15)23-31(3,28)29/h4-8,10-11,14,16-17,25-26H,9H2,1-3H3,(H,20,24)(H,21,27)(H,22,23)/t11-,14+,16-,17-/m1/s1. The van der Waals surface area contributed by atoms with E-state index in [0.717, 1.165) is 18.1 Å². The van der Waals surface area contributed by atoms with Gasteiger partial charge in [-0.2, -0.15) is 4.98 Å². The summed E-state index contributed by atoms with van der Waals surface area (Å²) in [5, 5.41) is 26.3. The second-order valence-corrected chi connectivity index (χ2v) is 8.90. The molecule has 0 saturated carbocycles. The quantitative estimate of drug-likeness (QED) is 0.324. The van der Waals surface area contributed by atoms with Crippen LogP contribution in [-0.4, -0.2) is 66.0 Å². The van der Waals surface area contributed by atoms with Gasteiger partial charge in [0.2, 0.25) is 15.9 Å². The van der Waals surface area contributed by atoms with Crippen molar-refractivity contribution < 1.29 is 32.6 Å². The van der Waals surface area contributed by atoms with E-state index in [0.29, 0.717) is 0 Å². The van der Waals surface area contributed by atoms with Gasteiger partial charge in [0.25, 0.3) is 5.91 Å². The Morgan fingerprint density at radius 2 is 1.77 bits per heavy atom. The summed E-state index contributed by atoms with van der Waals surface area (Å²) in [5.74, 6) is -1.12. The number of nitrogens with one attached hydrogen (secondary N) is 3. The summed E-state index contributed by atoms with van der Waals surface area (Å²) in [6.07, 6.45) is -0.778. The molecule has 0 radical (unpaired) electrons. The largest absolute Gasteiger partial charge is 0.431 e. The minimum atomic E-state index is -3.64. The molecule has 0 spiro atoms. The molecule has 0 fully saturated rings. The molecule has 0 saturated heterocycles. The van der Waals surface area contributed by atoms with Crippen molar-refractivity contribution in [2.45, 2.75) is 44.6 Å². The van der Waals surface area contributed by atoms with Gasteiger partial charge in [0, 0.05) is 6.92 Å². The molecule has 0 aliphatic carbocycles. The molecule has 0 aliphatic heterocycles. The summed E-state index contributed by atoms with van der Waals surface area (Å²) in [6.45, 7) is 2.81. The second-order valence-electron chi connectivity index (χ2n) is 7.15. The smallest absolute Gasteiger partial charge is 0.309 e. The van der Waals surface area contributed by atoms with Crippen molar-refractivity contribution >= 4 is 27.9 Å². The van der Waals surface area contributed by atoms with Crippen molar-refractivity contribution in [2.24, 2.45) is 0 Å². The lowest BCUT2D eigenvalue weighted by Gasteiger charge is -2.31. The minimum Gasteiger partial charge on any atom is -0.431 e. The van der Waals surface area contributed by atoms with Gasteiger partial charge in [-0.15, -0.1) is 0 Å². The number of aliphatic hydroxyl groups is 2. The Labute approximate surface area is 179 Å². The molecule has 0 bridgehead atoms. The van der Waals surface area contributed by atoms with Crippen LogP contribution in [0.4, 0.5) is 6.01 Å². The van der Waals surface area contributed by atoms with Crippen molar-refractivity contribution in [1.82, 2.24) is 15.6 Å². The number of hydrogen-bond acceptors (Lipinski definition) is 8.